The van der Waals surface area contributed by atoms with Crippen LogP contribution in [0.4, 0.5) is 14.5 Å². The highest BCUT2D eigenvalue weighted by Gasteiger charge is 2.36. The van der Waals surface area contributed by atoms with Gasteiger partial charge in [0, 0.05) is 31.0 Å². The highest BCUT2D eigenvalue weighted by atomic mass is 19.3. The topological polar surface area (TPSA) is 98.8 Å². The van der Waals surface area contributed by atoms with E-state index in [0.29, 0.717) is 35.0 Å². The number of aromatic nitrogens is 2. The predicted molar refractivity (Wildman–Crippen MR) is 98.6 cm³/mol. The van der Waals surface area contributed by atoms with E-state index in [1.807, 2.05) is 6.07 Å². The Morgan fingerprint density at radius 1 is 1.36 bits per heavy atom. The fraction of sp³-hybridized carbons (Fsp3) is 0.526. The van der Waals surface area contributed by atoms with E-state index in [-0.39, 0.29) is 11.5 Å². The average molecular weight is 388 g/mol. The van der Waals surface area contributed by atoms with Crippen LogP contribution in [0.5, 0.6) is 0 Å². The number of hydrazine groups is 1. The lowest BCUT2D eigenvalue weighted by Gasteiger charge is -2.28. The van der Waals surface area contributed by atoms with Crippen LogP contribution in [-0.4, -0.2) is 35.3 Å². The Bertz CT molecular complexity index is 887. The monoisotopic (exact) mass is 388 g/mol. The van der Waals surface area contributed by atoms with Gasteiger partial charge in [0.15, 0.2) is 0 Å². The van der Waals surface area contributed by atoms with E-state index < -0.39 is 12.5 Å². The number of hydrogen-bond acceptors (Lipinski definition) is 7. The number of rotatable bonds is 5. The van der Waals surface area contributed by atoms with Gasteiger partial charge in [-0.05, 0) is 43.4 Å². The summed E-state index contributed by atoms with van der Waals surface area (Å²) in [7, 11) is 0. The first-order valence-electron chi connectivity index (χ1n) is 9.41. The van der Waals surface area contributed by atoms with Crippen molar-refractivity contribution in [3.8, 4) is 17.5 Å². The van der Waals surface area contributed by atoms with Gasteiger partial charge in [-0.3, -0.25) is 10.9 Å². The number of nitriles is 1. The summed E-state index contributed by atoms with van der Waals surface area (Å²) in [6, 6.07) is 7.39. The van der Waals surface area contributed by atoms with Gasteiger partial charge >= 0.3 is 0 Å². The molecular weight excluding hydrogens is 366 g/mol. The number of alkyl halides is 2. The molecule has 1 saturated carbocycles. The zero-order valence-electron chi connectivity index (χ0n) is 15.5. The minimum Gasteiger partial charge on any atom is -0.420 e. The molecule has 1 aromatic carbocycles. The summed E-state index contributed by atoms with van der Waals surface area (Å²) in [5.74, 6) is -1.13. The first-order chi connectivity index (χ1) is 13.4. The highest BCUT2D eigenvalue weighted by molar-refractivity contribution is 5.66. The lowest BCUT2D eigenvalue weighted by atomic mass is 9.79. The van der Waals surface area contributed by atoms with Gasteiger partial charge in [0.2, 0.25) is 11.8 Å². The SMILES string of the molecule is CC(F)(F)CNc1ccc(-c2nnc(C3CCC4NNCC4C3)o2)cc1C#N. The normalized spacial score (nSPS) is 24.6. The largest absolute Gasteiger partial charge is 0.420 e. The number of benzene rings is 1. The summed E-state index contributed by atoms with van der Waals surface area (Å²) in [5.41, 5.74) is 7.71. The van der Waals surface area contributed by atoms with E-state index in [0.717, 1.165) is 32.7 Å². The molecule has 9 heteroatoms. The molecule has 2 heterocycles. The van der Waals surface area contributed by atoms with Gasteiger partial charge in [0.1, 0.15) is 6.07 Å². The van der Waals surface area contributed by atoms with Crippen molar-refractivity contribution in [3.63, 3.8) is 0 Å². The second-order valence-electron chi connectivity index (χ2n) is 7.64. The third kappa shape index (κ3) is 3.98. The maximum atomic E-state index is 13.1. The van der Waals surface area contributed by atoms with Crippen LogP contribution in [0, 0.1) is 17.2 Å². The van der Waals surface area contributed by atoms with Crippen molar-refractivity contribution in [2.75, 3.05) is 18.4 Å². The summed E-state index contributed by atoms with van der Waals surface area (Å²) in [6.07, 6.45) is 3.03. The van der Waals surface area contributed by atoms with Gasteiger partial charge in [-0.25, -0.2) is 8.78 Å². The van der Waals surface area contributed by atoms with E-state index in [9.17, 15) is 14.0 Å². The molecule has 1 saturated heterocycles. The Morgan fingerprint density at radius 2 is 2.21 bits per heavy atom. The van der Waals surface area contributed by atoms with Crippen molar-refractivity contribution in [2.45, 2.75) is 44.1 Å². The number of anilines is 1. The zero-order valence-corrected chi connectivity index (χ0v) is 15.5. The van der Waals surface area contributed by atoms with Crippen LogP contribution in [0.2, 0.25) is 0 Å². The van der Waals surface area contributed by atoms with E-state index in [1.54, 1.807) is 18.2 Å². The molecule has 2 aromatic rings. The summed E-state index contributed by atoms with van der Waals surface area (Å²) < 4.78 is 32.0. The molecule has 2 aliphatic rings. The summed E-state index contributed by atoms with van der Waals surface area (Å²) in [5, 5.41) is 20.3. The molecule has 28 heavy (non-hydrogen) atoms. The minimum absolute atomic E-state index is 0.229. The highest BCUT2D eigenvalue weighted by Crippen LogP contribution is 2.37. The Kier molecular flexibility index (Phi) is 5.00. The van der Waals surface area contributed by atoms with E-state index in [4.69, 9.17) is 4.42 Å². The average Bonchev–Trinajstić information content (AvgIpc) is 3.34. The fourth-order valence-corrected chi connectivity index (χ4v) is 3.92. The quantitative estimate of drug-likeness (QED) is 0.724. The molecule has 0 radical (unpaired) electrons. The molecule has 3 N–H and O–H groups in total. The third-order valence-corrected chi connectivity index (χ3v) is 5.40. The molecule has 2 fully saturated rings. The van der Waals surface area contributed by atoms with Gasteiger partial charge in [-0.2, -0.15) is 5.26 Å². The molecule has 148 valence electrons. The van der Waals surface area contributed by atoms with Crippen LogP contribution in [-0.2, 0) is 0 Å². The van der Waals surface area contributed by atoms with E-state index in [1.165, 1.54) is 0 Å². The third-order valence-electron chi connectivity index (χ3n) is 5.40. The van der Waals surface area contributed by atoms with Crippen LogP contribution in [0.25, 0.3) is 11.5 Å². The van der Waals surface area contributed by atoms with Crippen molar-refractivity contribution in [3.05, 3.63) is 29.7 Å². The lowest BCUT2D eigenvalue weighted by Crippen LogP contribution is -2.34. The molecule has 0 spiro atoms. The molecule has 4 rings (SSSR count). The smallest absolute Gasteiger partial charge is 0.262 e. The van der Waals surface area contributed by atoms with Crippen molar-refractivity contribution in [2.24, 2.45) is 5.92 Å². The van der Waals surface area contributed by atoms with Gasteiger partial charge in [0.25, 0.3) is 5.92 Å². The summed E-state index contributed by atoms with van der Waals surface area (Å²) in [6.45, 7) is 1.23. The van der Waals surface area contributed by atoms with Gasteiger partial charge in [-0.1, -0.05) is 0 Å². The van der Waals surface area contributed by atoms with Crippen LogP contribution in [0.15, 0.2) is 22.6 Å². The van der Waals surface area contributed by atoms with Crippen LogP contribution < -0.4 is 16.2 Å². The molecule has 1 aromatic heterocycles. The van der Waals surface area contributed by atoms with Gasteiger partial charge in [0.05, 0.1) is 17.8 Å². The van der Waals surface area contributed by atoms with Crippen LogP contribution in [0.1, 0.15) is 43.6 Å². The Hall–Kier alpha value is -2.57. The second-order valence-corrected chi connectivity index (χ2v) is 7.64. The Balaban J connectivity index is 1.50. The number of fused-ring (bicyclic) bond motifs is 1. The number of nitrogens with zero attached hydrogens (tertiary/aromatic N) is 3. The van der Waals surface area contributed by atoms with Crippen molar-refractivity contribution >= 4 is 5.69 Å². The number of nitrogens with one attached hydrogen (secondary N) is 3. The molecule has 3 atom stereocenters. The molecule has 0 bridgehead atoms. The second kappa shape index (κ2) is 7.45. The van der Waals surface area contributed by atoms with Crippen LogP contribution >= 0.6 is 0 Å². The molecule has 7 nitrogen and oxygen atoms in total. The fourth-order valence-electron chi connectivity index (χ4n) is 3.92. The summed E-state index contributed by atoms with van der Waals surface area (Å²) in [4.78, 5) is 0. The molecule has 1 aliphatic carbocycles. The molecule has 3 unspecified atom stereocenters. The van der Waals surface area contributed by atoms with Crippen molar-refractivity contribution in [1.29, 1.82) is 5.26 Å². The van der Waals surface area contributed by atoms with Gasteiger partial charge < -0.3 is 9.73 Å². The summed E-state index contributed by atoms with van der Waals surface area (Å²) >= 11 is 0. The molecule has 0 amide bonds. The first kappa shape index (κ1) is 18.8. The Labute approximate surface area is 161 Å². The molecule has 1 aliphatic heterocycles. The van der Waals surface area contributed by atoms with Crippen molar-refractivity contribution in [1.82, 2.24) is 21.0 Å². The maximum absolute atomic E-state index is 13.1. The Morgan fingerprint density at radius 3 is 3.00 bits per heavy atom. The first-order valence-corrected chi connectivity index (χ1v) is 9.41. The minimum atomic E-state index is -2.86. The predicted octanol–water partition coefficient (Wildman–Crippen LogP) is 3.04. The van der Waals surface area contributed by atoms with Gasteiger partial charge in [-0.15, -0.1) is 10.2 Å². The molecular formula is C19H22F2N6O. The van der Waals surface area contributed by atoms with E-state index in [2.05, 4.69) is 26.4 Å². The number of halogens is 2. The van der Waals surface area contributed by atoms with Crippen molar-refractivity contribution < 1.29 is 13.2 Å². The standard InChI is InChI=1S/C19H22F2N6O/c1-19(20,21)10-23-15-4-2-11(6-13(15)8-22)17-26-27-18(28-17)12-3-5-16-14(7-12)9-24-25-16/h2,4,6,12,14,16,23-25H,3,5,7,9-10H2,1H3. The lowest BCUT2D eigenvalue weighted by molar-refractivity contribution is 0.0368. The maximum Gasteiger partial charge on any atom is 0.262 e. The zero-order chi connectivity index (χ0) is 19.7. The van der Waals surface area contributed by atoms with E-state index >= 15 is 0 Å². The van der Waals surface area contributed by atoms with Crippen LogP contribution in [0.3, 0.4) is 0 Å². The number of hydrogen-bond donors (Lipinski definition) is 3.